The number of nitrogens with one attached hydrogen (secondary N) is 1. The maximum atomic E-state index is 12.3. The molecule has 0 aliphatic rings. The number of carbonyl (C=O) groups is 1. The minimum absolute atomic E-state index is 0.153. The topological polar surface area (TPSA) is 75.3 Å². The van der Waals surface area contributed by atoms with Crippen LogP contribution in [-0.2, 0) is 6.54 Å². The number of rotatable bonds is 3. The van der Waals surface area contributed by atoms with Gasteiger partial charge in [-0.1, -0.05) is 12.1 Å². The van der Waals surface area contributed by atoms with E-state index in [0.29, 0.717) is 12.1 Å². The summed E-state index contributed by atoms with van der Waals surface area (Å²) in [5, 5.41) is 12.3. The summed E-state index contributed by atoms with van der Waals surface area (Å²) in [4.78, 5) is 12.3. The van der Waals surface area contributed by atoms with Crippen molar-refractivity contribution in [1.29, 1.82) is 0 Å². The van der Waals surface area contributed by atoms with E-state index < -0.39 is 0 Å². The number of carbonyl (C=O) groups excluding carboxylic acids is 1. The number of hydrogen-bond acceptors (Lipinski definition) is 3. The maximum Gasteiger partial charge on any atom is 0.255 e. The molecule has 0 spiro atoms. The number of anilines is 1. The summed E-state index contributed by atoms with van der Waals surface area (Å²) >= 11 is 0. The first-order valence-electron chi connectivity index (χ1n) is 6.42. The molecule has 2 rings (SSSR count). The predicted molar refractivity (Wildman–Crippen MR) is 79.9 cm³/mol. The number of phenolic OH excluding ortho intramolecular Hbond substituents is 1. The van der Waals surface area contributed by atoms with E-state index in [1.165, 1.54) is 6.07 Å². The van der Waals surface area contributed by atoms with Gasteiger partial charge in [-0.2, -0.15) is 0 Å². The summed E-state index contributed by atoms with van der Waals surface area (Å²) in [6, 6.07) is 10.4. The monoisotopic (exact) mass is 270 g/mol. The van der Waals surface area contributed by atoms with Gasteiger partial charge >= 0.3 is 0 Å². The van der Waals surface area contributed by atoms with Gasteiger partial charge in [0.2, 0.25) is 0 Å². The van der Waals surface area contributed by atoms with Crippen LogP contribution < -0.4 is 11.1 Å². The molecule has 0 aliphatic carbocycles. The summed E-state index contributed by atoms with van der Waals surface area (Å²) in [5.41, 5.74) is 9.58. The van der Waals surface area contributed by atoms with Crippen LogP contribution in [0.4, 0.5) is 5.69 Å². The van der Waals surface area contributed by atoms with Crippen molar-refractivity contribution < 1.29 is 9.90 Å². The fourth-order valence-corrected chi connectivity index (χ4v) is 2.02. The number of amides is 1. The highest BCUT2D eigenvalue weighted by molar-refractivity contribution is 6.05. The van der Waals surface area contributed by atoms with Gasteiger partial charge in [0.15, 0.2) is 0 Å². The van der Waals surface area contributed by atoms with Crippen LogP contribution in [0.15, 0.2) is 36.4 Å². The molecule has 0 heterocycles. The van der Waals surface area contributed by atoms with Crippen LogP contribution in [0.1, 0.15) is 27.0 Å². The highest BCUT2D eigenvalue weighted by atomic mass is 16.3. The van der Waals surface area contributed by atoms with E-state index in [1.54, 1.807) is 19.1 Å². The van der Waals surface area contributed by atoms with Crippen molar-refractivity contribution in [1.82, 2.24) is 0 Å². The van der Waals surface area contributed by atoms with Crippen LogP contribution in [0.25, 0.3) is 0 Å². The van der Waals surface area contributed by atoms with E-state index >= 15 is 0 Å². The number of hydrogen-bond donors (Lipinski definition) is 3. The number of aryl methyl sites for hydroxylation is 2. The van der Waals surface area contributed by atoms with Gasteiger partial charge < -0.3 is 16.2 Å². The Morgan fingerprint density at radius 1 is 1.15 bits per heavy atom. The fraction of sp³-hybridized carbons (Fsp3) is 0.188. The van der Waals surface area contributed by atoms with Crippen LogP contribution in [0, 0.1) is 13.8 Å². The van der Waals surface area contributed by atoms with E-state index in [4.69, 9.17) is 5.73 Å². The average Bonchev–Trinajstić information content (AvgIpc) is 2.41. The van der Waals surface area contributed by atoms with E-state index in [9.17, 15) is 9.90 Å². The zero-order valence-corrected chi connectivity index (χ0v) is 11.6. The van der Waals surface area contributed by atoms with Gasteiger partial charge in [0.25, 0.3) is 5.91 Å². The first-order chi connectivity index (χ1) is 9.51. The number of phenols is 1. The largest absolute Gasteiger partial charge is 0.508 e. The van der Waals surface area contributed by atoms with Gasteiger partial charge in [0, 0.05) is 17.8 Å². The Labute approximate surface area is 118 Å². The average molecular weight is 270 g/mol. The standard InChI is InChI=1S/C16H18N2O2/c1-10-3-4-12(9-17)8-15(10)18-16(20)14-6-5-13(19)7-11(14)2/h3-8,19H,9,17H2,1-2H3,(H,18,20). The molecule has 0 saturated heterocycles. The van der Waals surface area contributed by atoms with Crippen molar-refractivity contribution in [2.75, 3.05) is 5.32 Å². The quantitative estimate of drug-likeness (QED) is 0.802. The Balaban J connectivity index is 2.27. The van der Waals surface area contributed by atoms with Crippen molar-refractivity contribution in [3.05, 3.63) is 58.7 Å². The normalized spacial score (nSPS) is 10.3. The summed E-state index contributed by atoms with van der Waals surface area (Å²) < 4.78 is 0. The van der Waals surface area contributed by atoms with Crippen LogP contribution in [0.2, 0.25) is 0 Å². The van der Waals surface area contributed by atoms with Crippen LogP contribution >= 0.6 is 0 Å². The molecule has 104 valence electrons. The molecule has 4 nitrogen and oxygen atoms in total. The lowest BCUT2D eigenvalue weighted by atomic mass is 10.1. The SMILES string of the molecule is Cc1ccc(CN)cc1NC(=O)c1ccc(O)cc1C. The number of benzene rings is 2. The van der Waals surface area contributed by atoms with Gasteiger partial charge in [0.05, 0.1) is 0 Å². The number of aromatic hydroxyl groups is 1. The molecule has 0 fully saturated rings. The summed E-state index contributed by atoms with van der Waals surface area (Å²) in [6.45, 7) is 4.15. The molecule has 0 bridgehead atoms. The Kier molecular flexibility index (Phi) is 4.05. The Morgan fingerprint density at radius 3 is 2.55 bits per heavy atom. The zero-order valence-electron chi connectivity index (χ0n) is 11.6. The minimum Gasteiger partial charge on any atom is -0.508 e. The summed E-state index contributed by atoms with van der Waals surface area (Å²) in [7, 11) is 0. The molecule has 0 atom stereocenters. The molecule has 2 aromatic carbocycles. The molecule has 20 heavy (non-hydrogen) atoms. The van der Waals surface area contributed by atoms with Crippen LogP contribution in [-0.4, -0.2) is 11.0 Å². The van der Waals surface area contributed by atoms with Crippen molar-refractivity contribution in [2.24, 2.45) is 5.73 Å². The Morgan fingerprint density at radius 2 is 1.90 bits per heavy atom. The lowest BCUT2D eigenvalue weighted by Crippen LogP contribution is -2.14. The summed E-state index contributed by atoms with van der Waals surface area (Å²) in [5.74, 6) is -0.0415. The van der Waals surface area contributed by atoms with Crippen LogP contribution in [0.3, 0.4) is 0 Å². The van der Waals surface area contributed by atoms with E-state index in [2.05, 4.69) is 5.32 Å². The molecule has 4 N–H and O–H groups in total. The second kappa shape index (κ2) is 5.75. The first-order valence-corrected chi connectivity index (χ1v) is 6.42. The Hall–Kier alpha value is -2.33. The first kappa shape index (κ1) is 14.1. The molecule has 2 aromatic rings. The Bertz CT molecular complexity index is 651. The fourth-order valence-electron chi connectivity index (χ4n) is 2.02. The predicted octanol–water partition coefficient (Wildman–Crippen LogP) is 2.72. The molecule has 0 radical (unpaired) electrons. The third kappa shape index (κ3) is 2.97. The molecule has 0 aliphatic heterocycles. The second-order valence-electron chi connectivity index (χ2n) is 4.81. The zero-order chi connectivity index (χ0) is 14.7. The lowest BCUT2D eigenvalue weighted by Gasteiger charge is -2.11. The van der Waals surface area contributed by atoms with E-state index in [0.717, 1.165) is 22.4 Å². The van der Waals surface area contributed by atoms with Gasteiger partial charge in [-0.3, -0.25) is 4.79 Å². The van der Waals surface area contributed by atoms with Crippen molar-refractivity contribution in [3.63, 3.8) is 0 Å². The minimum atomic E-state index is -0.195. The number of nitrogens with two attached hydrogens (primary N) is 1. The molecule has 0 saturated carbocycles. The highest BCUT2D eigenvalue weighted by Gasteiger charge is 2.11. The molecular formula is C16H18N2O2. The third-order valence-electron chi connectivity index (χ3n) is 3.24. The molecule has 0 aromatic heterocycles. The molecule has 0 unspecified atom stereocenters. The van der Waals surface area contributed by atoms with Crippen molar-refractivity contribution in [2.45, 2.75) is 20.4 Å². The van der Waals surface area contributed by atoms with Gasteiger partial charge in [-0.25, -0.2) is 0 Å². The summed E-state index contributed by atoms with van der Waals surface area (Å²) in [6.07, 6.45) is 0. The molecule has 4 heteroatoms. The van der Waals surface area contributed by atoms with E-state index in [1.807, 2.05) is 25.1 Å². The smallest absolute Gasteiger partial charge is 0.255 e. The molecule has 1 amide bonds. The van der Waals surface area contributed by atoms with Gasteiger partial charge in [-0.15, -0.1) is 0 Å². The highest BCUT2D eigenvalue weighted by Crippen LogP contribution is 2.20. The van der Waals surface area contributed by atoms with Gasteiger partial charge in [-0.05, 0) is 54.8 Å². The van der Waals surface area contributed by atoms with Crippen molar-refractivity contribution in [3.8, 4) is 5.75 Å². The third-order valence-corrected chi connectivity index (χ3v) is 3.24. The van der Waals surface area contributed by atoms with E-state index in [-0.39, 0.29) is 11.7 Å². The van der Waals surface area contributed by atoms with Crippen LogP contribution in [0.5, 0.6) is 5.75 Å². The molecular weight excluding hydrogens is 252 g/mol. The van der Waals surface area contributed by atoms with Crippen molar-refractivity contribution >= 4 is 11.6 Å². The maximum absolute atomic E-state index is 12.3. The second-order valence-corrected chi connectivity index (χ2v) is 4.81. The lowest BCUT2D eigenvalue weighted by molar-refractivity contribution is 0.102. The van der Waals surface area contributed by atoms with Gasteiger partial charge in [0.1, 0.15) is 5.75 Å².